The fraction of sp³-hybridized carbons (Fsp3) is 0.800. The number of hydrogen-bond acceptors (Lipinski definition) is 6. The second-order valence-electron chi connectivity index (χ2n) is 13.5. The van der Waals surface area contributed by atoms with Gasteiger partial charge in [0.15, 0.2) is 5.78 Å². The second-order valence-corrected chi connectivity index (χ2v) is 13.5. The first-order valence-corrected chi connectivity index (χ1v) is 13.6. The highest BCUT2D eigenvalue weighted by Crippen LogP contribution is 2.72. The van der Waals surface area contributed by atoms with Crippen LogP contribution in [0.3, 0.4) is 0 Å². The summed E-state index contributed by atoms with van der Waals surface area (Å²) < 4.78 is 4.97. The normalized spacial score (nSPS) is 48.2. The van der Waals surface area contributed by atoms with Crippen molar-refractivity contribution in [2.45, 2.75) is 97.7 Å². The Morgan fingerprint density at radius 3 is 2.47 bits per heavy atom. The van der Waals surface area contributed by atoms with Crippen LogP contribution < -0.4 is 0 Å². The summed E-state index contributed by atoms with van der Waals surface area (Å²) in [5.74, 6) is -0.691. The maximum atomic E-state index is 13.7. The number of ketones is 1. The molecule has 9 atom stereocenters. The molecule has 0 radical (unpaired) electrons. The topological polar surface area (TPSA) is 104 Å². The first-order chi connectivity index (χ1) is 16.6. The molecule has 0 spiro atoms. The summed E-state index contributed by atoms with van der Waals surface area (Å²) in [6.45, 7) is 14.8. The summed E-state index contributed by atoms with van der Waals surface area (Å²) in [5.41, 5.74) is -1.26. The average Bonchev–Trinajstić information content (AvgIpc) is 2.82. The number of methoxy groups -OCH3 is 1. The standard InChI is InChI=1S/C30H46O6/c1-18(2)20-14-23(32)29(6)22(27(20,4)11-10-25(34)36-7)9-8-19-21-15-26(3,17-31)12-13-30(21,35)24(33)16-28(19,29)5/h8,20-23,31-32,35H,1,9-17H2,2-7H3/t20-,21-,22+,23-,26+,27-,28+,29-,30+/m0/s1. The van der Waals surface area contributed by atoms with Gasteiger partial charge in [-0.3, -0.25) is 9.59 Å². The highest BCUT2D eigenvalue weighted by molar-refractivity contribution is 5.91. The molecule has 6 nitrogen and oxygen atoms in total. The van der Waals surface area contributed by atoms with Gasteiger partial charge in [0.25, 0.3) is 0 Å². The summed E-state index contributed by atoms with van der Waals surface area (Å²) in [4.78, 5) is 25.9. The van der Waals surface area contributed by atoms with E-state index in [1.807, 2.05) is 13.8 Å². The summed E-state index contributed by atoms with van der Waals surface area (Å²) in [5, 5.41) is 33.7. The molecule has 0 amide bonds. The van der Waals surface area contributed by atoms with Gasteiger partial charge in [-0.15, -0.1) is 0 Å². The molecule has 0 aromatic rings. The van der Waals surface area contributed by atoms with E-state index in [-0.39, 0.29) is 53.4 Å². The van der Waals surface area contributed by atoms with Gasteiger partial charge in [0.2, 0.25) is 0 Å². The van der Waals surface area contributed by atoms with Gasteiger partial charge in [-0.05, 0) is 68.1 Å². The van der Waals surface area contributed by atoms with Gasteiger partial charge in [-0.1, -0.05) is 51.5 Å². The van der Waals surface area contributed by atoms with Crippen molar-refractivity contribution in [3.8, 4) is 0 Å². The Hall–Kier alpha value is -1.50. The van der Waals surface area contributed by atoms with Gasteiger partial charge < -0.3 is 20.1 Å². The van der Waals surface area contributed by atoms with E-state index in [9.17, 15) is 24.9 Å². The number of hydrogen-bond donors (Lipinski definition) is 3. The minimum atomic E-state index is -1.41. The number of fused-ring (bicyclic) bond motifs is 5. The second kappa shape index (κ2) is 8.78. The number of carbonyl (C=O) groups excluding carboxylic acids is 2. The zero-order valence-corrected chi connectivity index (χ0v) is 23.0. The number of Topliss-reactive ketones (excluding diaryl/α,β-unsaturated/α-hetero) is 1. The smallest absolute Gasteiger partial charge is 0.305 e. The Balaban J connectivity index is 1.85. The van der Waals surface area contributed by atoms with Crippen molar-refractivity contribution < 1.29 is 29.6 Å². The Morgan fingerprint density at radius 1 is 1.22 bits per heavy atom. The third-order valence-electron chi connectivity index (χ3n) is 11.7. The van der Waals surface area contributed by atoms with Crippen LogP contribution in [0.15, 0.2) is 23.8 Å². The van der Waals surface area contributed by atoms with Crippen molar-refractivity contribution >= 4 is 11.8 Å². The number of rotatable bonds is 5. The lowest BCUT2D eigenvalue weighted by atomic mass is 9.35. The molecule has 0 aliphatic heterocycles. The van der Waals surface area contributed by atoms with Gasteiger partial charge >= 0.3 is 5.97 Å². The zero-order valence-electron chi connectivity index (χ0n) is 23.0. The number of allylic oxidation sites excluding steroid dienone is 2. The predicted molar refractivity (Wildman–Crippen MR) is 138 cm³/mol. The Labute approximate surface area is 216 Å². The molecule has 3 saturated carbocycles. The van der Waals surface area contributed by atoms with Crippen LogP contribution in [0.25, 0.3) is 0 Å². The van der Waals surface area contributed by atoms with Gasteiger partial charge in [-0.25, -0.2) is 0 Å². The summed E-state index contributed by atoms with van der Waals surface area (Å²) in [6, 6.07) is 0. The molecule has 0 aromatic carbocycles. The minimum Gasteiger partial charge on any atom is -0.469 e. The Bertz CT molecular complexity index is 986. The summed E-state index contributed by atoms with van der Waals surface area (Å²) in [6.07, 6.45) is 5.44. The molecule has 3 fully saturated rings. The van der Waals surface area contributed by atoms with Gasteiger partial charge in [0.05, 0.1) is 13.2 Å². The lowest BCUT2D eigenvalue weighted by Crippen LogP contribution is -2.69. The molecule has 0 unspecified atom stereocenters. The number of esters is 1. The molecular weight excluding hydrogens is 456 g/mol. The van der Waals surface area contributed by atoms with Gasteiger partial charge in [0, 0.05) is 36.2 Å². The maximum Gasteiger partial charge on any atom is 0.305 e. The third kappa shape index (κ3) is 3.61. The predicted octanol–water partition coefficient (Wildman–Crippen LogP) is 4.36. The van der Waals surface area contributed by atoms with Crippen LogP contribution in [0.5, 0.6) is 0 Å². The SMILES string of the molecule is C=C(C)[C@@H]1C[C@H](O)[C@]2(C)[C@H](CC=C3[C@@H]4C[C@](C)(CO)CC[C@]4(O)C(=O)C[C@]32C)[C@@]1(C)CCC(=O)OC. The van der Waals surface area contributed by atoms with E-state index in [0.29, 0.717) is 44.9 Å². The molecule has 0 aromatic heterocycles. The fourth-order valence-corrected chi connectivity index (χ4v) is 9.10. The zero-order chi connectivity index (χ0) is 26.9. The monoisotopic (exact) mass is 502 g/mol. The summed E-state index contributed by atoms with van der Waals surface area (Å²) in [7, 11) is 1.41. The first kappa shape index (κ1) is 27.5. The molecule has 202 valence electrons. The maximum absolute atomic E-state index is 13.7. The number of carbonyl (C=O) groups is 2. The molecular formula is C30H46O6. The molecule has 4 aliphatic carbocycles. The van der Waals surface area contributed by atoms with E-state index >= 15 is 0 Å². The largest absolute Gasteiger partial charge is 0.469 e. The molecule has 0 heterocycles. The molecule has 36 heavy (non-hydrogen) atoms. The van der Waals surface area contributed by atoms with Crippen molar-refractivity contribution in [1.29, 1.82) is 0 Å². The van der Waals surface area contributed by atoms with E-state index in [1.165, 1.54) is 7.11 Å². The molecule has 0 saturated heterocycles. The third-order valence-corrected chi connectivity index (χ3v) is 11.7. The Kier molecular flexibility index (Phi) is 6.71. The van der Waals surface area contributed by atoms with Crippen LogP contribution in [-0.4, -0.2) is 52.5 Å². The summed E-state index contributed by atoms with van der Waals surface area (Å²) >= 11 is 0. The van der Waals surface area contributed by atoms with E-state index in [4.69, 9.17) is 4.74 Å². The number of ether oxygens (including phenoxy) is 1. The average molecular weight is 503 g/mol. The van der Waals surface area contributed by atoms with Crippen LogP contribution >= 0.6 is 0 Å². The van der Waals surface area contributed by atoms with Crippen molar-refractivity contribution in [2.24, 2.45) is 39.4 Å². The van der Waals surface area contributed by atoms with Crippen LogP contribution in [0.4, 0.5) is 0 Å². The number of aliphatic hydroxyl groups is 3. The van der Waals surface area contributed by atoms with Crippen LogP contribution in [0.1, 0.15) is 86.0 Å². The molecule has 4 aliphatic rings. The van der Waals surface area contributed by atoms with Gasteiger partial charge in [0.1, 0.15) is 5.60 Å². The van der Waals surface area contributed by atoms with E-state index in [0.717, 1.165) is 11.1 Å². The van der Waals surface area contributed by atoms with Crippen molar-refractivity contribution in [2.75, 3.05) is 13.7 Å². The first-order valence-electron chi connectivity index (χ1n) is 13.6. The van der Waals surface area contributed by atoms with E-state index in [2.05, 4.69) is 33.4 Å². The quantitative estimate of drug-likeness (QED) is 0.381. The minimum absolute atomic E-state index is 0.0145. The number of aliphatic hydroxyl groups excluding tert-OH is 2. The highest BCUT2D eigenvalue weighted by Gasteiger charge is 2.70. The van der Waals surface area contributed by atoms with E-state index in [1.54, 1.807) is 0 Å². The molecule has 0 bridgehead atoms. The van der Waals surface area contributed by atoms with Crippen molar-refractivity contribution in [3.63, 3.8) is 0 Å². The van der Waals surface area contributed by atoms with Crippen LogP contribution in [0.2, 0.25) is 0 Å². The lowest BCUT2D eigenvalue weighted by Gasteiger charge is -2.69. The van der Waals surface area contributed by atoms with Gasteiger partial charge in [-0.2, -0.15) is 0 Å². The van der Waals surface area contributed by atoms with Crippen LogP contribution in [-0.2, 0) is 14.3 Å². The fourth-order valence-electron chi connectivity index (χ4n) is 9.10. The Morgan fingerprint density at radius 2 is 1.89 bits per heavy atom. The lowest BCUT2D eigenvalue weighted by molar-refractivity contribution is -0.207. The highest BCUT2D eigenvalue weighted by atomic mass is 16.5. The molecule has 4 rings (SSSR count). The van der Waals surface area contributed by atoms with Crippen LogP contribution in [0, 0.1) is 39.4 Å². The molecule has 6 heteroatoms. The van der Waals surface area contributed by atoms with Crippen molar-refractivity contribution in [3.05, 3.63) is 23.8 Å². The molecule has 3 N–H and O–H groups in total. The van der Waals surface area contributed by atoms with E-state index < -0.39 is 22.5 Å². The van der Waals surface area contributed by atoms with Crippen molar-refractivity contribution in [1.82, 2.24) is 0 Å².